The molecule has 0 fully saturated rings. The number of hydrogen-bond acceptors (Lipinski definition) is 2. The number of fused-ring (bicyclic) bond motifs is 6. The first-order chi connectivity index (χ1) is 22.7. The molecule has 1 spiro atoms. The predicted octanol–water partition coefficient (Wildman–Crippen LogP) is 11.4. The molecule has 0 radical (unpaired) electrons. The molecular weight excluding hydrogens is 556 g/mol. The van der Waals surface area contributed by atoms with Crippen molar-refractivity contribution >= 4 is 22.6 Å². The maximum Gasteiger partial charge on any atom is 0.0998 e. The van der Waals surface area contributed by atoms with Crippen molar-refractivity contribution in [3.8, 4) is 28.3 Å². The Kier molecular flexibility index (Phi) is 6.55. The molecule has 1 aliphatic carbocycles. The summed E-state index contributed by atoms with van der Waals surface area (Å²) in [6, 6.07) is 54.3. The van der Waals surface area contributed by atoms with Crippen molar-refractivity contribution in [2.45, 2.75) is 19.3 Å². The predicted molar refractivity (Wildman–Crippen MR) is 190 cm³/mol. The maximum absolute atomic E-state index is 9.79. The first-order valence-electron chi connectivity index (χ1n) is 15.8. The van der Waals surface area contributed by atoms with Gasteiger partial charge in [-0.2, -0.15) is 5.26 Å². The summed E-state index contributed by atoms with van der Waals surface area (Å²) in [5, 5.41) is 9.79. The highest BCUT2D eigenvalue weighted by Crippen LogP contribution is 2.62. The van der Waals surface area contributed by atoms with E-state index in [1.165, 1.54) is 44.8 Å². The van der Waals surface area contributed by atoms with Gasteiger partial charge in [-0.05, 0) is 112 Å². The van der Waals surface area contributed by atoms with Crippen LogP contribution < -0.4 is 4.90 Å². The van der Waals surface area contributed by atoms with Gasteiger partial charge in [-0.25, -0.2) is 0 Å². The van der Waals surface area contributed by atoms with Crippen molar-refractivity contribution in [1.82, 2.24) is 0 Å². The quantitative estimate of drug-likeness (QED) is 0.205. The molecule has 2 aliphatic rings. The molecule has 0 bridgehead atoms. The number of nitrogens with zero attached hydrogens (tertiary/aromatic N) is 2. The van der Waals surface area contributed by atoms with Crippen LogP contribution in [0.15, 0.2) is 163 Å². The molecule has 0 atom stereocenters. The summed E-state index contributed by atoms with van der Waals surface area (Å²) in [7, 11) is 0. The minimum Gasteiger partial charge on any atom is -0.310 e. The third kappa shape index (κ3) is 3.96. The Morgan fingerprint density at radius 3 is 1.93 bits per heavy atom. The van der Waals surface area contributed by atoms with Crippen molar-refractivity contribution in [3.63, 3.8) is 0 Å². The minimum atomic E-state index is -0.469. The lowest BCUT2D eigenvalue weighted by Crippen LogP contribution is -2.36. The number of hydrogen-bond donors (Lipinski definition) is 0. The van der Waals surface area contributed by atoms with Crippen LogP contribution in [0.4, 0.5) is 17.1 Å². The van der Waals surface area contributed by atoms with Crippen LogP contribution in [0.25, 0.3) is 27.8 Å². The van der Waals surface area contributed by atoms with Gasteiger partial charge in [0.15, 0.2) is 0 Å². The van der Waals surface area contributed by atoms with Gasteiger partial charge in [-0.1, -0.05) is 115 Å². The van der Waals surface area contributed by atoms with E-state index in [1.54, 1.807) is 0 Å². The largest absolute Gasteiger partial charge is 0.310 e. The molecule has 0 saturated carbocycles. The summed E-state index contributed by atoms with van der Waals surface area (Å²) in [6.07, 6.45) is 4.43. The smallest absolute Gasteiger partial charge is 0.0998 e. The first kappa shape index (κ1) is 27.6. The van der Waals surface area contributed by atoms with Crippen LogP contribution in [0.5, 0.6) is 0 Å². The molecular formula is C44H32N2. The molecule has 218 valence electrons. The van der Waals surface area contributed by atoms with E-state index >= 15 is 0 Å². The lowest BCUT2D eigenvalue weighted by atomic mass is 9.64. The Bertz CT molecular complexity index is 2200. The molecule has 6 aromatic carbocycles. The van der Waals surface area contributed by atoms with Gasteiger partial charge in [0.25, 0.3) is 0 Å². The van der Waals surface area contributed by atoms with Crippen molar-refractivity contribution in [2.24, 2.45) is 0 Å². The van der Waals surface area contributed by atoms with Crippen LogP contribution in [0.1, 0.15) is 41.7 Å². The summed E-state index contributed by atoms with van der Waals surface area (Å²) >= 11 is 0. The van der Waals surface area contributed by atoms with Gasteiger partial charge in [0, 0.05) is 5.69 Å². The van der Waals surface area contributed by atoms with Gasteiger partial charge in [-0.15, -0.1) is 0 Å². The van der Waals surface area contributed by atoms with E-state index in [2.05, 4.69) is 158 Å². The van der Waals surface area contributed by atoms with Crippen LogP contribution in [-0.4, -0.2) is 0 Å². The van der Waals surface area contributed by atoms with Crippen molar-refractivity contribution < 1.29 is 0 Å². The van der Waals surface area contributed by atoms with E-state index in [-0.39, 0.29) is 0 Å². The highest BCUT2D eigenvalue weighted by atomic mass is 15.2. The lowest BCUT2D eigenvalue weighted by Gasteiger charge is -2.45. The average molecular weight is 589 g/mol. The second-order valence-corrected chi connectivity index (χ2v) is 12.0. The van der Waals surface area contributed by atoms with Gasteiger partial charge in [0.05, 0.1) is 28.4 Å². The zero-order valence-electron chi connectivity index (χ0n) is 25.9. The third-order valence-electron chi connectivity index (χ3n) is 9.68. The third-order valence-corrected chi connectivity index (χ3v) is 9.68. The number of benzene rings is 6. The molecule has 2 heteroatoms. The van der Waals surface area contributed by atoms with E-state index in [4.69, 9.17) is 0 Å². The Hall–Kier alpha value is -5.91. The Labute approximate surface area is 270 Å². The van der Waals surface area contributed by atoms with Crippen molar-refractivity contribution in [2.75, 3.05) is 4.90 Å². The van der Waals surface area contributed by atoms with Crippen LogP contribution in [0.3, 0.4) is 0 Å². The Morgan fingerprint density at radius 1 is 0.587 bits per heavy atom. The standard InChI is InChI=1S/C44H32N2/c1-3-14-36-30(2)44(39-21-9-11-23-42(39)46(35-18-5-4-6-19-35)43-24-12-10-22-40(43)44)41-28-32(25-26-38(36)41)31-16-13-17-33(27-31)37-20-8-7-15-34(37)29-45/h3-28H,1-2H3/b14-3-. The Morgan fingerprint density at radius 2 is 1.22 bits per heavy atom. The van der Waals surface area contributed by atoms with E-state index < -0.39 is 5.41 Å². The van der Waals surface area contributed by atoms with Crippen molar-refractivity contribution in [3.05, 3.63) is 191 Å². The summed E-state index contributed by atoms with van der Waals surface area (Å²) in [5.74, 6) is 0. The molecule has 1 aliphatic heterocycles. The average Bonchev–Trinajstić information content (AvgIpc) is 3.36. The van der Waals surface area contributed by atoms with Gasteiger partial charge in [0.1, 0.15) is 0 Å². The van der Waals surface area contributed by atoms with E-state index in [0.717, 1.165) is 27.9 Å². The summed E-state index contributed by atoms with van der Waals surface area (Å²) in [4.78, 5) is 2.41. The van der Waals surface area contributed by atoms with Gasteiger partial charge >= 0.3 is 0 Å². The van der Waals surface area contributed by atoms with Crippen LogP contribution >= 0.6 is 0 Å². The summed E-state index contributed by atoms with van der Waals surface area (Å²) in [5.41, 5.74) is 15.8. The fraction of sp³-hybridized carbons (Fsp3) is 0.0682. The van der Waals surface area contributed by atoms with E-state index in [9.17, 15) is 5.26 Å². The molecule has 0 amide bonds. The SMILES string of the molecule is C/C=C\C1=C(C)C2(c3cc(-c4cccc(-c5ccccc5C#N)c4)ccc31)c1ccccc1N(c1ccccc1)c1ccccc12. The fourth-order valence-corrected chi connectivity index (χ4v) is 7.75. The molecule has 0 N–H and O–H groups in total. The lowest BCUT2D eigenvalue weighted by molar-refractivity contribution is 0.729. The molecule has 0 unspecified atom stereocenters. The molecule has 1 heterocycles. The second kappa shape index (κ2) is 10.9. The minimum absolute atomic E-state index is 0.469. The van der Waals surface area contributed by atoms with Gasteiger partial charge in [-0.3, -0.25) is 0 Å². The second-order valence-electron chi connectivity index (χ2n) is 12.0. The topological polar surface area (TPSA) is 27.0 Å². The van der Waals surface area contributed by atoms with Gasteiger partial charge < -0.3 is 4.90 Å². The van der Waals surface area contributed by atoms with E-state index in [0.29, 0.717) is 5.56 Å². The fourth-order valence-electron chi connectivity index (χ4n) is 7.75. The molecule has 46 heavy (non-hydrogen) atoms. The molecule has 6 aromatic rings. The number of nitriles is 1. The number of rotatable bonds is 4. The molecule has 8 rings (SSSR count). The first-order valence-corrected chi connectivity index (χ1v) is 15.8. The highest BCUT2D eigenvalue weighted by Gasteiger charge is 2.51. The normalized spacial score (nSPS) is 14.2. The Balaban J connectivity index is 1.40. The van der Waals surface area contributed by atoms with Crippen molar-refractivity contribution in [1.29, 1.82) is 5.26 Å². The van der Waals surface area contributed by atoms with Crippen LogP contribution in [0, 0.1) is 11.3 Å². The molecule has 0 saturated heterocycles. The summed E-state index contributed by atoms with van der Waals surface area (Å²) in [6.45, 7) is 4.42. The monoisotopic (exact) mass is 588 g/mol. The zero-order valence-corrected chi connectivity index (χ0v) is 25.9. The number of para-hydroxylation sites is 3. The van der Waals surface area contributed by atoms with Crippen LogP contribution in [-0.2, 0) is 5.41 Å². The molecule has 0 aromatic heterocycles. The zero-order chi connectivity index (χ0) is 31.3. The number of anilines is 3. The summed E-state index contributed by atoms with van der Waals surface area (Å²) < 4.78 is 0. The maximum atomic E-state index is 9.79. The molecule has 2 nitrogen and oxygen atoms in total. The van der Waals surface area contributed by atoms with Gasteiger partial charge in [0.2, 0.25) is 0 Å². The number of allylic oxidation sites excluding steroid dienone is 4. The van der Waals surface area contributed by atoms with E-state index in [1.807, 2.05) is 24.3 Å². The highest BCUT2D eigenvalue weighted by molar-refractivity contribution is 5.97. The van der Waals surface area contributed by atoms with Crippen LogP contribution in [0.2, 0.25) is 0 Å².